The Hall–Kier alpha value is -3.50. The van der Waals surface area contributed by atoms with Crippen LogP contribution in [-0.2, 0) is 25.8 Å². The van der Waals surface area contributed by atoms with E-state index in [-0.39, 0.29) is 18.1 Å². The number of hydrogen-bond donors (Lipinski definition) is 0. The molecule has 7 nitrogen and oxygen atoms in total. The summed E-state index contributed by atoms with van der Waals surface area (Å²) in [6.45, 7) is 3.57. The molecule has 1 unspecified atom stereocenters. The first-order valence-electron chi connectivity index (χ1n) is 9.57. The van der Waals surface area contributed by atoms with E-state index < -0.39 is 11.8 Å². The average molecular weight is 476 g/mol. The van der Waals surface area contributed by atoms with Gasteiger partial charge in [-0.05, 0) is 58.8 Å². The Morgan fingerprint density at radius 1 is 1.12 bits per heavy atom. The molecular formula is C23H23F2N2O5P. The zero-order valence-corrected chi connectivity index (χ0v) is 19.7. The third-order valence-electron chi connectivity index (χ3n) is 4.13. The molecule has 0 aliphatic rings. The van der Waals surface area contributed by atoms with E-state index in [9.17, 15) is 13.6 Å². The number of halogens is 2. The van der Waals surface area contributed by atoms with E-state index in [4.69, 9.17) is 14.4 Å². The van der Waals surface area contributed by atoms with Gasteiger partial charge in [-0.2, -0.15) is 8.78 Å². The van der Waals surface area contributed by atoms with Gasteiger partial charge in [-0.15, -0.1) is 0 Å². The topological polar surface area (TPSA) is 78.7 Å². The van der Waals surface area contributed by atoms with Crippen molar-refractivity contribution < 1.29 is 32.7 Å². The molecule has 0 aliphatic heterocycles. The second-order valence-electron chi connectivity index (χ2n) is 6.60. The van der Waals surface area contributed by atoms with Crippen LogP contribution in [0.3, 0.4) is 0 Å². The molecule has 0 saturated carbocycles. The van der Waals surface area contributed by atoms with E-state index in [0.29, 0.717) is 22.4 Å². The van der Waals surface area contributed by atoms with Crippen molar-refractivity contribution >= 4 is 26.6 Å². The number of ether oxygens (including phenoxy) is 2. The largest absolute Gasteiger partial charge is 0.464 e. The van der Waals surface area contributed by atoms with Crippen LogP contribution in [0.4, 0.5) is 8.78 Å². The molecule has 0 radical (unpaired) electrons. The van der Waals surface area contributed by atoms with Crippen LogP contribution in [0.1, 0.15) is 29.2 Å². The van der Waals surface area contributed by atoms with Gasteiger partial charge in [0.2, 0.25) is 0 Å². The number of esters is 1. The minimum atomic E-state index is -3.34. The fourth-order valence-corrected chi connectivity index (χ4v) is 2.78. The van der Waals surface area contributed by atoms with Crippen LogP contribution < -0.4 is 4.74 Å². The molecule has 2 aromatic carbocycles. The molecule has 0 amide bonds. The first kappa shape index (κ1) is 25.8. The predicted molar refractivity (Wildman–Crippen MR) is 123 cm³/mol. The Labute approximate surface area is 192 Å². The minimum absolute atomic E-state index is 0.00893. The van der Waals surface area contributed by atoms with Crippen LogP contribution in [0.25, 0.3) is 0 Å². The van der Waals surface area contributed by atoms with E-state index in [0.717, 1.165) is 5.56 Å². The van der Waals surface area contributed by atoms with Crippen molar-refractivity contribution in [3.05, 3.63) is 64.7 Å². The van der Waals surface area contributed by atoms with Gasteiger partial charge in [0, 0.05) is 16.7 Å². The lowest BCUT2D eigenvalue weighted by atomic mass is 9.99. The van der Waals surface area contributed by atoms with Gasteiger partial charge in [0.05, 0.1) is 7.11 Å². The standard InChI is InChI=1S/C23H23F2N2O5P/c1-15-6-5-7-19(21(27-30-4)22(28)29-3)20(15)14-31-26-16(2)8-9-17-10-12-18(13-11-17)32-23(24,25)33/h5-7,10-13H,14,33H2,1-4H3/b26-16+,27-21+. The summed E-state index contributed by atoms with van der Waals surface area (Å²) in [5, 5.41) is 7.76. The number of aryl methyl sites for hydroxylation is 1. The first-order valence-corrected chi connectivity index (χ1v) is 10.1. The molecule has 0 heterocycles. The number of oxime groups is 2. The second kappa shape index (κ2) is 11.9. The molecule has 0 aliphatic carbocycles. The number of methoxy groups -OCH3 is 1. The molecule has 0 saturated heterocycles. The van der Waals surface area contributed by atoms with Gasteiger partial charge in [-0.25, -0.2) is 4.79 Å². The van der Waals surface area contributed by atoms with Gasteiger partial charge in [0.25, 0.3) is 0 Å². The molecule has 0 spiro atoms. The Morgan fingerprint density at radius 2 is 1.82 bits per heavy atom. The maximum absolute atomic E-state index is 12.8. The zero-order chi connectivity index (χ0) is 24.4. The van der Waals surface area contributed by atoms with Crippen molar-refractivity contribution in [3.8, 4) is 17.6 Å². The van der Waals surface area contributed by atoms with E-state index >= 15 is 0 Å². The lowest BCUT2D eigenvalue weighted by molar-refractivity contribution is -0.132. The smallest absolute Gasteiger partial charge is 0.408 e. The maximum atomic E-state index is 12.8. The van der Waals surface area contributed by atoms with E-state index in [1.807, 2.05) is 13.0 Å². The Bertz CT molecular complexity index is 1100. The Kier molecular flexibility index (Phi) is 9.31. The van der Waals surface area contributed by atoms with Gasteiger partial charge in [-0.1, -0.05) is 34.4 Å². The summed E-state index contributed by atoms with van der Waals surface area (Å²) in [5.41, 5.74) is 3.03. The number of alkyl halides is 2. The fourth-order valence-electron chi connectivity index (χ4n) is 2.64. The number of nitrogens with zero attached hydrogens (tertiary/aromatic N) is 2. The highest BCUT2D eigenvalue weighted by Crippen LogP contribution is 2.27. The normalized spacial score (nSPS) is 11.8. The Balaban J connectivity index is 2.12. The number of hydrogen-bond acceptors (Lipinski definition) is 7. The number of benzene rings is 2. The Morgan fingerprint density at radius 3 is 2.42 bits per heavy atom. The van der Waals surface area contributed by atoms with Crippen LogP contribution >= 0.6 is 9.24 Å². The van der Waals surface area contributed by atoms with Crippen LogP contribution in [0, 0.1) is 18.8 Å². The molecule has 1 atom stereocenters. The molecule has 0 aromatic heterocycles. The third-order valence-corrected chi connectivity index (χ3v) is 4.25. The molecule has 174 valence electrons. The summed E-state index contributed by atoms with van der Waals surface area (Å²) in [4.78, 5) is 22.3. The lowest BCUT2D eigenvalue weighted by Crippen LogP contribution is -2.20. The summed E-state index contributed by atoms with van der Waals surface area (Å²) >= 11 is 0. The molecule has 33 heavy (non-hydrogen) atoms. The summed E-state index contributed by atoms with van der Waals surface area (Å²) in [6, 6.07) is 11.2. The summed E-state index contributed by atoms with van der Waals surface area (Å²) in [7, 11) is 3.90. The van der Waals surface area contributed by atoms with Crippen molar-refractivity contribution in [2.75, 3.05) is 14.2 Å². The first-order chi connectivity index (χ1) is 15.6. The van der Waals surface area contributed by atoms with Crippen molar-refractivity contribution in [2.24, 2.45) is 10.3 Å². The molecular weight excluding hydrogens is 453 g/mol. The van der Waals surface area contributed by atoms with E-state index in [2.05, 4.69) is 26.9 Å². The molecule has 0 fully saturated rings. The quantitative estimate of drug-likeness (QED) is 0.187. The molecule has 2 rings (SSSR count). The molecule has 0 bridgehead atoms. The van der Waals surface area contributed by atoms with E-state index in [1.54, 1.807) is 31.2 Å². The summed E-state index contributed by atoms with van der Waals surface area (Å²) in [5.74, 6) is 1.71. The van der Waals surface area contributed by atoms with Gasteiger partial charge in [0.1, 0.15) is 25.2 Å². The SMILES string of the molecule is CO/N=C(/C(=O)OC)c1cccc(C)c1CO/N=C(\C)C#Cc1ccc(OC(F)(F)P)cc1. The van der Waals surface area contributed by atoms with Gasteiger partial charge in [-0.3, -0.25) is 0 Å². The average Bonchev–Trinajstić information content (AvgIpc) is 2.76. The lowest BCUT2D eigenvalue weighted by Gasteiger charge is -2.12. The van der Waals surface area contributed by atoms with Crippen LogP contribution in [-0.4, -0.2) is 37.5 Å². The van der Waals surface area contributed by atoms with Crippen molar-refractivity contribution in [1.82, 2.24) is 0 Å². The molecule has 2 aromatic rings. The molecule has 10 heteroatoms. The van der Waals surface area contributed by atoms with Crippen molar-refractivity contribution in [2.45, 2.75) is 26.3 Å². The third kappa shape index (κ3) is 8.17. The monoisotopic (exact) mass is 476 g/mol. The second-order valence-corrected chi connectivity index (χ2v) is 7.28. The highest BCUT2D eigenvalue weighted by molar-refractivity contribution is 7.17. The van der Waals surface area contributed by atoms with E-state index in [1.165, 1.54) is 35.6 Å². The molecule has 0 N–H and O–H groups in total. The predicted octanol–water partition coefficient (Wildman–Crippen LogP) is 4.27. The maximum Gasteiger partial charge on any atom is 0.408 e. The van der Waals surface area contributed by atoms with Crippen LogP contribution in [0.5, 0.6) is 5.75 Å². The van der Waals surface area contributed by atoms with Gasteiger partial charge >= 0.3 is 11.8 Å². The van der Waals surface area contributed by atoms with Crippen molar-refractivity contribution in [1.29, 1.82) is 0 Å². The van der Waals surface area contributed by atoms with Gasteiger partial charge in [0.15, 0.2) is 5.71 Å². The van der Waals surface area contributed by atoms with Crippen molar-refractivity contribution in [3.63, 3.8) is 0 Å². The highest BCUT2D eigenvalue weighted by atomic mass is 31.0. The van der Waals surface area contributed by atoms with Crippen LogP contribution in [0.15, 0.2) is 52.8 Å². The number of rotatable bonds is 8. The number of carbonyl (C=O) groups is 1. The summed E-state index contributed by atoms with van der Waals surface area (Å²) in [6.07, 6.45) is 0. The van der Waals surface area contributed by atoms with Gasteiger partial charge < -0.3 is 19.1 Å². The highest BCUT2D eigenvalue weighted by Gasteiger charge is 2.23. The fraction of sp³-hybridized carbons (Fsp3) is 0.261. The minimum Gasteiger partial charge on any atom is -0.464 e. The van der Waals surface area contributed by atoms with Crippen LogP contribution in [0.2, 0.25) is 0 Å². The summed E-state index contributed by atoms with van der Waals surface area (Å²) < 4.78 is 34.9. The zero-order valence-electron chi connectivity index (χ0n) is 18.5. The number of carbonyl (C=O) groups excluding carboxylic acids is 1.